The van der Waals surface area contributed by atoms with Crippen molar-refractivity contribution >= 4 is 20.0 Å². The Morgan fingerprint density at radius 1 is 0.792 bits per heavy atom. The molecule has 0 radical (unpaired) electrons. The standard InChI is InChI=1S/C19H22O4Si/c1-3-24(2,14-22-18(20)16-10-6-4-7-11-16)15-23-19(21)17-12-8-5-9-13-17/h4-13H,3,14-15H2,1-2H3. The summed E-state index contributed by atoms with van der Waals surface area (Å²) in [5.74, 6) is -0.672. The fourth-order valence-corrected chi connectivity index (χ4v) is 3.49. The SMILES string of the molecule is CC[Si](C)(COC(=O)c1ccccc1)COC(=O)c1ccccc1. The van der Waals surface area contributed by atoms with E-state index in [1.807, 2.05) is 19.1 Å². The summed E-state index contributed by atoms with van der Waals surface area (Å²) in [4.78, 5) is 24.1. The van der Waals surface area contributed by atoms with Gasteiger partial charge < -0.3 is 9.47 Å². The average Bonchev–Trinajstić information content (AvgIpc) is 2.65. The van der Waals surface area contributed by atoms with Crippen LogP contribution in [0.3, 0.4) is 0 Å². The molecule has 0 aliphatic rings. The first-order valence-electron chi connectivity index (χ1n) is 7.98. The Hall–Kier alpha value is -2.40. The Labute approximate surface area is 143 Å². The van der Waals surface area contributed by atoms with Crippen LogP contribution >= 0.6 is 0 Å². The van der Waals surface area contributed by atoms with Crippen molar-refractivity contribution in [3.8, 4) is 0 Å². The van der Waals surface area contributed by atoms with E-state index >= 15 is 0 Å². The van der Waals surface area contributed by atoms with Gasteiger partial charge in [-0.2, -0.15) is 0 Å². The normalized spacial score (nSPS) is 10.9. The Morgan fingerprint density at radius 2 is 1.17 bits per heavy atom. The number of carbonyl (C=O) groups excluding carboxylic acids is 2. The maximum Gasteiger partial charge on any atom is 0.337 e. The monoisotopic (exact) mass is 342 g/mol. The zero-order chi connectivity index (χ0) is 17.4. The van der Waals surface area contributed by atoms with Gasteiger partial charge in [-0.3, -0.25) is 0 Å². The van der Waals surface area contributed by atoms with E-state index in [0.29, 0.717) is 23.6 Å². The highest BCUT2D eigenvalue weighted by molar-refractivity contribution is 6.78. The quantitative estimate of drug-likeness (QED) is 0.566. The molecule has 5 heteroatoms. The molecule has 0 N–H and O–H groups in total. The molecule has 0 aliphatic carbocycles. The van der Waals surface area contributed by atoms with Crippen LogP contribution in [0.4, 0.5) is 0 Å². The van der Waals surface area contributed by atoms with Gasteiger partial charge in [-0.1, -0.05) is 55.9 Å². The highest BCUT2D eigenvalue weighted by Gasteiger charge is 2.30. The van der Waals surface area contributed by atoms with E-state index in [2.05, 4.69) is 6.55 Å². The Kier molecular flexibility index (Phi) is 6.32. The van der Waals surface area contributed by atoms with Crippen LogP contribution in [-0.4, -0.2) is 32.5 Å². The van der Waals surface area contributed by atoms with Crippen molar-refractivity contribution in [1.29, 1.82) is 0 Å². The molecule has 0 saturated carbocycles. The van der Waals surface area contributed by atoms with E-state index in [1.54, 1.807) is 48.5 Å². The number of hydrogen-bond donors (Lipinski definition) is 0. The maximum absolute atomic E-state index is 12.1. The fourth-order valence-electron chi connectivity index (χ4n) is 2.04. The van der Waals surface area contributed by atoms with E-state index in [4.69, 9.17) is 9.47 Å². The second-order valence-electron chi connectivity index (χ2n) is 6.05. The minimum absolute atomic E-state index is 0.333. The number of rotatable bonds is 7. The van der Waals surface area contributed by atoms with Crippen molar-refractivity contribution in [2.45, 2.75) is 19.5 Å². The Morgan fingerprint density at radius 3 is 1.50 bits per heavy atom. The predicted molar refractivity (Wildman–Crippen MR) is 95.5 cm³/mol. The van der Waals surface area contributed by atoms with E-state index in [-0.39, 0.29) is 11.9 Å². The number of benzene rings is 2. The van der Waals surface area contributed by atoms with Crippen molar-refractivity contribution in [3.05, 3.63) is 71.8 Å². The smallest absolute Gasteiger partial charge is 0.337 e. The zero-order valence-corrected chi connectivity index (χ0v) is 15.0. The van der Waals surface area contributed by atoms with Crippen LogP contribution in [0.5, 0.6) is 0 Å². The molecule has 0 aromatic heterocycles. The van der Waals surface area contributed by atoms with E-state index in [9.17, 15) is 9.59 Å². The zero-order valence-electron chi connectivity index (χ0n) is 14.0. The second-order valence-corrected chi connectivity index (χ2v) is 11.0. The van der Waals surface area contributed by atoms with E-state index in [0.717, 1.165) is 6.04 Å². The summed E-state index contributed by atoms with van der Waals surface area (Å²) in [5, 5.41) is 0. The Balaban J connectivity index is 1.89. The first-order valence-corrected chi connectivity index (χ1v) is 11.1. The number of esters is 2. The van der Waals surface area contributed by atoms with Crippen molar-refractivity contribution in [2.24, 2.45) is 0 Å². The van der Waals surface area contributed by atoms with Crippen LogP contribution < -0.4 is 0 Å². The summed E-state index contributed by atoms with van der Waals surface area (Å²) in [7, 11) is -2.00. The maximum atomic E-state index is 12.1. The summed E-state index contributed by atoms with van der Waals surface area (Å²) in [6.45, 7) is 4.11. The molecule has 0 bridgehead atoms. The van der Waals surface area contributed by atoms with Crippen LogP contribution in [0.2, 0.25) is 12.6 Å². The lowest BCUT2D eigenvalue weighted by Gasteiger charge is -2.24. The molecule has 0 fully saturated rings. The van der Waals surface area contributed by atoms with Gasteiger partial charge in [-0.25, -0.2) is 9.59 Å². The molecule has 126 valence electrons. The molecule has 4 nitrogen and oxygen atoms in total. The largest absolute Gasteiger partial charge is 0.466 e. The van der Waals surface area contributed by atoms with Gasteiger partial charge in [-0.05, 0) is 24.3 Å². The van der Waals surface area contributed by atoms with Crippen molar-refractivity contribution in [2.75, 3.05) is 12.5 Å². The Bertz CT molecular complexity index is 615. The molecule has 0 saturated heterocycles. The van der Waals surface area contributed by atoms with Crippen molar-refractivity contribution in [3.63, 3.8) is 0 Å². The van der Waals surface area contributed by atoms with Gasteiger partial charge in [0.25, 0.3) is 0 Å². The van der Waals surface area contributed by atoms with Gasteiger partial charge in [0.1, 0.15) is 8.07 Å². The molecule has 24 heavy (non-hydrogen) atoms. The summed E-state index contributed by atoms with van der Waals surface area (Å²) >= 11 is 0. The van der Waals surface area contributed by atoms with Gasteiger partial charge in [0, 0.05) is 0 Å². The van der Waals surface area contributed by atoms with E-state index in [1.165, 1.54) is 0 Å². The molecule has 0 heterocycles. The first kappa shape index (κ1) is 17.9. The molecular formula is C19H22O4Si. The molecule has 0 amide bonds. The van der Waals surface area contributed by atoms with Gasteiger partial charge in [0.05, 0.1) is 23.6 Å². The molecule has 2 aromatic rings. The molecule has 0 atom stereocenters. The van der Waals surface area contributed by atoms with Crippen LogP contribution in [0, 0.1) is 0 Å². The van der Waals surface area contributed by atoms with Gasteiger partial charge >= 0.3 is 11.9 Å². The number of carbonyl (C=O) groups is 2. The first-order chi connectivity index (χ1) is 11.5. The second kappa shape index (κ2) is 8.45. The molecule has 2 aromatic carbocycles. The molecule has 0 unspecified atom stereocenters. The van der Waals surface area contributed by atoms with Gasteiger partial charge in [0.15, 0.2) is 0 Å². The third kappa shape index (κ3) is 5.06. The highest BCUT2D eigenvalue weighted by Crippen LogP contribution is 2.13. The van der Waals surface area contributed by atoms with E-state index < -0.39 is 8.07 Å². The third-order valence-corrected chi connectivity index (χ3v) is 7.37. The molecular weight excluding hydrogens is 320 g/mol. The lowest BCUT2D eigenvalue weighted by atomic mass is 10.2. The van der Waals surface area contributed by atoms with Crippen molar-refractivity contribution in [1.82, 2.24) is 0 Å². The molecule has 0 aliphatic heterocycles. The molecule has 0 spiro atoms. The van der Waals surface area contributed by atoms with Gasteiger partial charge in [-0.15, -0.1) is 0 Å². The minimum Gasteiger partial charge on any atom is -0.466 e. The fraction of sp³-hybridized carbons (Fsp3) is 0.263. The van der Waals surface area contributed by atoms with Crippen LogP contribution in [-0.2, 0) is 9.47 Å². The van der Waals surface area contributed by atoms with Crippen LogP contribution in [0.15, 0.2) is 60.7 Å². The summed E-state index contributed by atoms with van der Waals surface area (Å²) < 4.78 is 10.9. The predicted octanol–water partition coefficient (Wildman–Crippen LogP) is 3.88. The minimum atomic E-state index is -2.00. The molecule has 2 rings (SSSR count). The van der Waals surface area contributed by atoms with Crippen molar-refractivity contribution < 1.29 is 19.1 Å². The summed E-state index contributed by atoms with van der Waals surface area (Å²) in [6, 6.07) is 18.7. The lowest BCUT2D eigenvalue weighted by molar-refractivity contribution is 0.0533. The average molecular weight is 342 g/mol. The van der Waals surface area contributed by atoms with Gasteiger partial charge in [0.2, 0.25) is 0 Å². The lowest BCUT2D eigenvalue weighted by Crippen LogP contribution is -2.43. The van der Waals surface area contributed by atoms with Crippen LogP contribution in [0.1, 0.15) is 27.6 Å². The number of ether oxygens (including phenoxy) is 2. The number of hydrogen-bond acceptors (Lipinski definition) is 4. The van der Waals surface area contributed by atoms with Crippen LogP contribution in [0.25, 0.3) is 0 Å². The topological polar surface area (TPSA) is 52.6 Å². The third-order valence-electron chi connectivity index (χ3n) is 3.98. The highest BCUT2D eigenvalue weighted by atomic mass is 28.3. The summed E-state index contributed by atoms with van der Waals surface area (Å²) in [5.41, 5.74) is 1.07. The summed E-state index contributed by atoms with van der Waals surface area (Å²) in [6.07, 6.45) is 0.665.